The molecule has 1 aliphatic carbocycles. The van der Waals surface area contributed by atoms with Crippen molar-refractivity contribution in [2.24, 2.45) is 5.73 Å². The van der Waals surface area contributed by atoms with Gasteiger partial charge in [0.1, 0.15) is 0 Å². The van der Waals surface area contributed by atoms with Gasteiger partial charge >= 0.3 is 0 Å². The molecular formula is C13H25NO2. The summed E-state index contributed by atoms with van der Waals surface area (Å²) >= 11 is 0. The molecule has 0 spiro atoms. The molecule has 3 heteroatoms. The molecule has 1 saturated carbocycles. The van der Waals surface area contributed by atoms with Crippen molar-refractivity contribution in [1.82, 2.24) is 0 Å². The summed E-state index contributed by atoms with van der Waals surface area (Å²) in [6, 6.07) is 0.110. The second-order valence-corrected chi connectivity index (χ2v) is 5.33. The third kappa shape index (κ3) is 2.76. The quantitative estimate of drug-likeness (QED) is 0.806. The molecule has 1 saturated heterocycles. The highest BCUT2D eigenvalue weighted by Gasteiger charge is 2.39. The number of hydrogen-bond acceptors (Lipinski definition) is 3. The Balaban J connectivity index is 1.95. The predicted molar refractivity (Wildman–Crippen MR) is 64.1 cm³/mol. The van der Waals surface area contributed by atoms with Gasteiger partial charge in [0.05, 0.1) is 5.60 Å². The van der Waals surface area contributed by atoms with Crippen molar-refractivity contribution >= 4 is 0 Å². The topological polar surface area (TPSA) is 44.5 Å². The molecule has 2 unspecified atom stereocenters. The largest absolute Gasteiger partial charge is 0.353 e. The molecule has 1 aliphatic heterocycles. The van der Waals surface area contributed by atoms with Crippen LogP contribution in [0.1, 0.15) is 58.3 Å². The van der Waals surface area contributed by atoms with Crippen LogP contribution in [-0.2, 0) is 9.47 Å². The maximum absolute atomic E-state index is 6.23. The molecule has 0 bridgehead atoms. The lowest BCUT2D eigenvalue weighted by molar-refractivity contribution is -0.238. The highest BCUT2D eigenvalue weighted by atomic mass is 16.7. The van der Waals surface area contributed by atoms with Gasteiger partial charge in [-0.15, -0.1) is 0 Å². The lowest BCUT2D eigenvalue weighted by Crippen LogP contribution is -2.52. The number of hydrogen-bond donors (Lipinski definition) is 1. The van der Waals surface area contributed by atoms with Crippen LogP contribution < -0.4 is 5.73 Å². The summed E-state index contributed by atoms with van der Waals surface area (Å²) in [5, 5.41) is 0. The minimum Gasteiger partial charge on any atom is -0.353 e. The van der Waals surface area contributed by atoms with Crippen molar-refractivity contribution in [1.29, 1.82) is 0 Å². The van der Waals surface area contributed by atoms with Crippen LogP contribution in [0.15, 0.2) is 0 Å². The maximum Gasteiger partial charge on any atom is 0.158 e. The number of rotatable bonds is 3. The van der Waals surface area contributed by atoms with Gasteiger partial charge in [-0.3, -0.25) is 0 Å². The zero-order valence-corrected chi connectivity index (χ0v) is 10.4. The molecule has 94 valence electrons. The number of ether oxygens (including phenoxy) is 2. The van der Waals surface area contributed by atoms with Crippen LogP contribution in [0.4, 0.5) is 0 Å². The lowest BCUT2D eigenvalue weighted by atomic mass is 9.80. The van der Waals surface area contributed by atoms with E-state index >= 15 is 0 Å². The van der Waals surface area contributed by atoms with Gasteiger partial charge in [0.25, 0.3) is 0 Å². The fourth-order valence-corrected chi connectivity index (χ4v) is 2.90. The van der Waals surface area contributed by atoms with Gasteiger partial charge in [-0.25, -0.2) is 0 Å². The van der Waals surface area contributed by atoms with Crippen LogP contribution in [0.25, 0.3) is 0 Å². The zero-order valence-electron chi connectivity index (χ0n) is 10.4. The average molecular weight is 227 g/mol. The van der Waals surface area contributed by atoms with E-state index in [9.17, 15) is 0 Å². The van der Waals surface area contributed by atoms with E-state index in [4.69, 9.17) is 15.2 Å². The van der Waals surface area contributed by atoms with Crippen LogP contribution in [0.2, 0.25) is 0 Å². The Hall–Kier alpha value is -0.120. The van der Waals surface area contributed by atoms with Crippen molar-refractivity contribution < 1.29 is 9.47 Å². The highest BCUT2D eigenvalue weighted by molar-refractivity contribution is 4.92. The van der Waals surface area contributed by atoms with Gasteiger partial charge in [-0.1, -0.05) is 19.3 Å². The Labute approximate surface area is 98.7 Å². The molecule has 0 aromatic heterocycles. The van der Waals surface area contributed by atoms with Gasteiger partial charge in [-0.2, -0.15) is 0 Å². The molecular weight excluding hydrogens is 202 g/mol. The molecule has 2 aliphatic rings. The molecule has 16 heavy (non-hydrogen) atoms. The van der Waals surface area contributed by atoms with E-state index < -0.39 is 0 Å². The van der Waals surface area contributed by atoms with E-state index in [1.807, 2.05) is 0 Å². The van der Waals surface area contributed by atoms with E-state index in [1.165, 1.54) is 32.1 Å². The molecule has 2 N–H and O–H groups in total. The molecule has 0 aromatic carbocycles. The first kappa shape index (κ1) is 12.3. The van der Waals surface area contributed by atoms with Crippen LogP contribution in [0.3, 0.4) is 0 Å². The third-order valence-corrected chi connectivity index (χ3v) is 4.03. The molecule has 0 radical (unpaired) electrons. The first-order valence-electron chi connectivity index (χ1n) is 6.78. The summed E-state index contributed by atoms with van der Waals surface area (Å²) in [4.78, 5) is 0. The summed E-state index contributed by atoms with van der Waals surface area (Å²) in [5.74, 6) is 0. The summed E-state index contributed by atoms with van der Waals surface area (Å²) in [6.07, 6.45) is 9.44. The van der Waals surface area contributed by atoms with Gasteiger partial charge in [0.15, 0.2) is 6.29 Å². The van der Waals surface area contributed by atoms with E-state index in [0.717, 1.165) is 25.9 Å². The smallest absolute Gasteiger partial charge is 0.158 e. The third-order valence-electron chi connectivity index (χ3n) is 4.03. The van der Waals surface area contributed by atoms with Crippen molar-refractivity contribution in [3.8, 4) is 0 Å². The summed E-state index contributed by atoms with van der Waals surface area (Å²) in [7, 11) is 0. The van der Waals surface area contributed by atoms with Gasteiger partial charge in [0.2, 0.25) is 0 Å². The molecule has 0 amide bonds. The second-order valence-electron chi connectivity index (χ2n) is 5.33. The van der Waals surface area contributed by atoms with E-state index in [2.05, 4.69) is 6.92 Å². The van der Waals surface area contributed by atoms with Crippen molar-refractivity contribution in [3.63, 3.8) is 0 Å². The van der Waals surface area contributed by atoms with Crippen molar-refractivity contribution in [3.05, 3.63) is 0 Å². The fraction of sp³-hybridized carbons (Fsp3) is 1.00. The zero-order chi connectivity index (χ0) is 11.4. The lowest BCUT2D eigenvalue weighted by Gasteiger charge is -2.43. The summed E-state index contributed by atoms with van der Waals surface area (Å²) < 4.78 is 11.9. The van der Waals surface area contributed by atoms with Gasteiger partial charge < -0.3 is 15.2 Å². The summed E-state index contributed by atoms with van der Waals surface area (Å²) in [6.45, 7) is 2.92. The summed E-state index contributed by atoms with van der Waals surface area (Å²) in [5.41, 5.74) is 6.03. The Bertz CT molecular complexity index is 206. The van der Waals surface area contributed by atoms with Crippen LogP contribution in [-0.4, -0.2) is 24.5 Å². The van der Waals surface area contributed by atoms with Gasteiger partial charge in [-0.05, 0) is 39.0 Å². The SMILES string of the molecule is CC(N)C1(OC2CCCCO2)CCCCC1. The molecule has 2 rings (SSSR count). The van der Waals surface area contributed by atoms with E-state index in [0.29, 0.717) is 0 Å². The predicted octanol–water partition coefficient (Wildman–Crippen LogP) is 2.58. The minimum absolute atomic E-state index is 0.00199. The molecule has 2 atom stereocenters. The van der Waals surface area contributed by atoms with Crippen LogP contribution in [0, 0.1) is 0 Å². The Morgan fingerprint density at radius 1 is 1.19 bits per heavy atom. The fourth-order valence-electron chi connectivity index (χ4n) is 2.90. The first-order valence-corrected chi connectivity index (χ1v) is 6.78. The minimum atomic E-state index is -0.111. The van der Waals surface area contributed by atoms with E-state index in [1.54, 1.807) is 0 Å². The van der Waals surface area contributed by atoms with E-state index in [-0.39, 0.29) is 17.9 Å². The van der Waals surface area contributed by atoms with Crippen LogP contribution >= 0.6 is 0 Å². The van der Waals surface area contributed by atoms with Crippen molar-refractivity contribution in [2.75, 3.05) is 6.61 Å². The highest BCUT2D eigenvalue weighted by Crippen LogP contribution is 2.36. The maximum atomic E-state index is 6.23. The first-order chi connectivity index (χ1) is 7.73. The monoisotopic (exact) mass is 227 g/mol. The molecule has 1 heterocycles. The Kier molecular flexibility index (Phi) is 4.22. The molecule has 0 aromatic rings. The second kappa shape index (κ2) is 5.48. The Morgan fingerprint density at radius 3 is 2.50 bits per heavy atom. The molecule has 2 fully saturated rings. The normalized spacial score (nSPS) is 32.2. The van der Waals surface area contributed by atoms with Crippen LogP contribution in [0.5, 0.6) is 0 Å². The Morgan fingerprint density at radius 2 is 1.94 bits per heavy atom. The standard InChI is InChI=1S/C13H25NO2/c1-11(14)13(8-4-2-5-9-13)16-12-7-3-6-10-15-12/h11-12H,2-10,14H2,1H3. The molecule has 3 nitrogen and oxygen atoms in total. The van der Waals surface area contributed by atoms with Crippen molar-refractivity contribution in [2.45, 2.75) is 76.2 Å². The van der Waals surface area contributed by atoms with Gasteiger partial charge in [0, 0.05) is 12.6 Å². The average Bonchev–Trinajstić information content (AvgIpc) is 2.31. The number of nitrogens with two attached hydrogens (primary N) is 1.